The minimum absolute atomic E-state index is 0.0911. The maximum absolute atomic E-state index is 12.7. The molecule has 3 rings (SSSR count). The van der Waals surface area contributed by atoms with E-state index in [-0.39, 0.29) is 24.3 Å². The van der Waals surface area contributed by atoms with Crippen LogP contribution in [0.2, 0.25) is 0 Å². The van der Waals surface area contributed by atoms with Crippen LogP contribution in [-0.2, 0) is 14.4 Å². The summed E-state index contributed by atoms with van der Waals surface area (Å²) in [4.78, 5) is 38.2. The topological polar surface area (TPSA) is 66.5 Å². The summed E-state index contributed by atoms with van der Waals surface area (Å²) >= 11 is 0. The highest BCUT2D eigenvalue weighted by Gasteiger charge is 2.51. The molecule has 5 nitrogen and oxygen atoms in total. The second-order valence-corrected chi connectivity index (χ2v) is 7.61. The fraction of sp³-hybridized carbons (Fsp3) is 0.833. The average molecular weight is 320 g/mol. The average Bonchev–Trinajstić information content (AvgIpc) is 2.79. The number of hydrogen-bond acceptors (Lipinski definition) is 3. The molecular formula is C18H28N2O3. The van der Waals surface area contributed by atoms with Gasteiger partial charge < -0.3 is 5.32 Å². The van der Waals surface area contributed by atoms with Crippen LogP contribution in [0.3, 0.4) is 0 Å². The predicted octanol–water partition coefficient (Wildman–Crippen LogP) is 2.39. The molecule has 1 aliphatic heterocycles. The second-order valence-electron chi connectivity index (χ2n) is 7.61. The van der Waals surface area contributed by atoms with Gasteiger partial charge in [-0.1, -0.05) is 38.5 Å². The first-order chi connectivity index (χ1) is 11.1. The molecule has 1 heterocycles. The highest BCUT2D eigenvalue weighted by Crippen LogP contribution is 2.45. The van der Waals surface area contributed by atoms with Gasteiger partial charge in [0.2, 0.25) is 17.7 Å². The van der Waals surface area contributed by atoms with Gasteiger partial charge in [0, 0.05) is 13.0 Å². The van der Waals surface area contributed by atoms with Crippen molar-refractivity contribution in [1.82, 2.24) is 10.2 Å². The Morgan fingerprint density at radius 1 is 1.04 bits per heavy atom. The Morgan fingerprint density at radius 3 is 2.39 bits per heavy atom. The molecule has 128 valence electrons. The number of likely N-dealkylation sites (tertiary alicyclic amines) is 1. The van der Waals surface area contributed by atoms with Gasteiger partial charge in [-0.2, -0.15) is 0 Å². The number of rotatable bonds is 4. The number of hydrogen-bond donors (Lipinski definition) is 1. The van der Waals surface area contributed by atoms with Gasteiger partial charge in [-0.25, -0.2) is 0 Å². The van der Waals surface area contributed by atoms with Crippen molar-refractivity contribution in [3.8, 4) is 0 Å². The van der Waals surface area contributed by atoms with Crippen molar-refractivity contribution in [1.29, 1.82) is 0 Å². The first-order valence-electron chi connectivity index (χ1n) is 9.22. The molecule has 23 heavy (non-hydrogen) atoms. The summed E-state index contributed by atoms with van der Waals surface area (Å²) in [6.45, 7) is 0.590. The lowest BCUT2D eigenvalue weighted by Crippen LogP contribution is -2.44. The van der Waals surface area contributed by atoms with Crippen molar-refractivity contribution in [3.63, 3.8) is 0 Å². The van der Waals surface area contributed by atoms with Crippen LogP contribution < -0.4 is 5.32 Å². The minimum Gasteiger partial charge on any atom is -0.354 e. The van der Waals surface area contributed by atoms with E-state index in [1.807, 2.05) is 0 Å². The van der Waals surface area contributed by atoms with E-state index in [4.69, 9.17) is 0 Å². The molecule has 1 N–H and O–H groups in total. The number of carbonyl (C=O) groups excluding carboxylic acids is 3. The van der Waals surface area contributed by atoms with Crippen molar-refractivity contribution >= 4 is 17.7 Å². The van der Waals surface area contributed by atoms with E-state index in [2.05, 4.69) is 5.32 Å². The number of carbonyl (C=O) groups is 3. The number of amides is 3. The lowest BCUT2D eigenvalue weighted by atomic mass is 9.73. The molecule has 3 fully saturated rings. The first kappa shape index (κ1) is 16.5. The fourth-order valence-electron chi connectivity index (χ4n) is 4.49. The largest absolute Gasteiger partial charge is 0.354 e. The molecule has 0 atom stereocenters. The van der Waals surface area contributed by atoms with E-state index in [0.717, 1.165) is 32.1 Å². The monoisotopic (exact) mass is 320 g/mol. The molecule has 0 aromatic rings. The summed E-state index contributed by atoms with van der Waals surface area (Å²) in [6.07, 6.45) is 11.2. The Kier molecular flexibility index (Phi) is 5.02. The van der Waals surface area contributed by atoms with E-state index in [1.54, 1.807) is 0 Å². The summed E-state index contributed by atoms with van der Waals surface area (Å²) in [5, 5.41) is 2.93. The van der Waals surface area contributed by atoms with Gasteiger partial charge in [-0.3, -0.25) is 19.3 Å². The van der Waals surface area contributed by atoms with Gasteiger partial charge in [-0.15, -0.1) is 0 Å². The molecular weight excluding hydrogens is 292 g/mol. The van der Waals surface area contributed by atoms with Crippen molar-refractivity contribution < 1.29 is 14.4 Å². The van der Waals surface area contributed by atoms with Crippen molar-refractivity contribution in [2.75, 3.05) is 13.1 Å². The SMILES string of the molecule is O=C(CN1C(=O)CC2(CCCCC2)C1=O)NCC1CCCCC1. The van der Waals surface area contributed by atoms with E-state index in [1.165, 1.54) is 37.0 Å². The Hall–Kier alpha value is -1.39. The zero-order valence-corrected chi connectivity index (χ0v) is 13.9. The predicted molar refractivity (Wildman–Crippen MR) is 86.4 cm³/mol. The second kappa shape index (κ2) is 7.02. The Balaban J connectivity index is 1.51. The maximum Gasteiger partial charge on any atom is 0.240 e. The first-order valence-corrected chi connectivity index (χ1v) is 9.22. The number of nitrogens with one attached hydrogen (secondary N) is 1. The van der Waals surface area contributed by atoms with Gasteiger partial charge >= 0.3 is 0 Å². The lowest BCUT2D eigenvalue weighted by Gasteiger charge is -2.30. The molecule has 0 unspecified atom stereocenters. The Bertz CT molecular complexity index is 477. The van der Waals surface area contributed by atoms with E-state index in [0.29, 0.717) is 18.9 Å². The van der Waals surface area contributed by atoms with Crippen LogP contribution in [-0.4, -0.2) is 35.7 Å². The summed E-state index contributed by atoms with van der Waals surface area (Å²) in [5.74, 6) is 0.104. The van der Waals surface area contributed by atoms with Gasteiger partial charge in [-0.05, 0) is 31.6 Å². The van der Waals surface area contributed by atoms with Gasteiger partial charge in [0.25, 0.3) is 0 Å². The summed E-state index contributed by atoms with van der Waals surface area (Å²) in [6, 6.07) is 0. The summed E-state index contributed by atoms with van der Waals surface area (Å²) in [5.41, 5.74) is -0.487. The van der Waals surface area contributed by atoms with Crippen molar-refractivity contribution in [2.45, 2.75) is 70.6 Å². The van der Waals surface area contributed by atoms with E-state index in [9.17, 15) is 14.4 Å². The Labute approximate surface area is 138 Å². The molecule has 2 saturated carbocycles. The highest BCUT2D eigenvalue weighted by molar-refractivity contribution is 6.08. The molecule has 5 heteroatoms. The van der Waals surface area contributed by atoms with Crippen molar-refractivity contribution in [2.24, 2.45) is 11.3 Å². The maximum atomic E-state index is 12.7. The molecule has 0 aromatic carbocycles. The summed E-state index contributed by atoms with van der Waals surface area (Å²) < 4.78 is 0. The number of imide groups is 1. The van der Waals surface area contributed by atoms with Crippen molar-refractivity contribution in [3.05, 3.63) is 0 Å². The molecule has 0 aromatic heterocycles. The number of nitrogens with zero attached hydrogens (tertiary/aromatic N) is 1. The zero-order valence-electron chi connectivity index (χ0n) is 13.9. The van der Waals surface area contributed by atoms with E-state index >= 15 is 0 Å². The van der Waals surface area contributed by atoms with Crippen LogP contribution in [0.5, 0.6) is 0 Å². The molecule has 0 bridgehead atoms. The molecule has 0 radical (unpaired) electrons. The van der Waals surface area contributed by atoms with E-state index < -0.39 is 5.41 Å². The van der Waals surface area contributed by atoms with Crippen LogP contribution in [0.4, 0.5) is 0 Å². The normalized spacial score (nSPS) is 25.1. The van der Waals surface area contributed by atoms with Crippen LogP contribution >= 0.6 is 0 Å². The van der Waals surface area contributed by atoms with Crippen LogP contribution in [0.1, 0.15) is 70.6 Å². The van der Waals surface area contributed by atoms with Crippen LogP contribution in [0.25, 0.3) is 0 Å². The standard InChI is InChI=1S/C18H28N2O3/c21-15(19-12-14-7-3-1-4-8-14)13-20-16(22)11-18(17(20)23)9-5-2-6-10-18/h14H,1-13H2,(H,19,21). The highest BCUT2D eigenvalue weighted by atomic mass is 16.2. The molecule has 3 aliphatic rings. The van der Waals surface area contributed by atoms with Crippen LogP contribution in [0.15, 0.2) is 0 Å². The third kappa shape index (κ3) is 3.59. The van der Waals surface area contributed by atoms with Gasteiger partial charge in [0.1, 0.15) is 6.54 Å². The quantitative estimate of drug-likeness (QED) is 0.809. The fourth-order valence-corrected chi connectivity index (χ4v) is 4.49. The Morgan fingerprint density at radius 2 is 1.70 bits per heavy atom. The molecule has 3 amide bonds. The minimum atomic E-state index is -0.487. The smallest absolute Gasteiger partial charge is 0.240 e. The van der Waals surface area contributed by atoms with Gasteiger partial charge in [0.15, 0.2) is 0 Å². The molecule has 1 saturated heterocycles. The third-order valence-electron chi connectivity index (χ3n) is 5.91. The molecule has 2 aliphatic carbocycles. The summed E-state index contributed by atoms with van der Waals surface area (Å²) in [7, 11) is 0. The third-order valence-corrected chi connectivity index (χ3v) is 5.91. The lowest BCUT2D eigenvalue weighted by molar-refractivity contribution is -0.145. The van der Waals surface area contributed by atoms with Crippen LogP contribution in [0, 0.1) is 11.3 Å². The van der Waals surface area contributed by atoms with Gasteiger partial charge in [0.05, 0.1) is 5.41 Å². The molecule has 1 spiro atoms. The zero-order chi connectivity index (χ0) is 16.3.